The van der Waals surface area contributed by atoms with Gasteiger partial charge in [0.1, 0.15) is 0 Å². The van der Waals surface area contributed by atoms with Crippen LogP contribution in [0.5, 0.6) is 5.88 Å². The number of ether oxygens (including phenoxy) is 1. The van der Waals surface area contributed by atoms with E-state index in [9.17, 15) is 9.90 Å². The highest BCUT2D eigenvalue weighted by Gasteiger charge is 2.24. The van der Waals surface area contributed by atoms with Crippen molar-refractivity contribution in [1.82, 2.24) is 14.8 Å². The third-order valence-electron chi connectivity index (χ3n) is 4.55. The number of pyridine rings is 1. The van der Waals surface area contributed by atoms with E-state index >= 15 is 0 Å². The highest BCUT2D eigenvalue weighted by atomic mass is 16.5. The summed E-state index contributed by atoms with van der Waals surface area (Å²) in [5, 5.41) is 10.4. The molecule has 1 saturated heterocycles. The fourth-order valence-corrected chi connectivity index (χ4v) is 3.11. The number of benzene rings is 1. The van der Waals surface area contributed by atoms with Crippen LogP contribution in [-0.2, 0) is 0 Å². The lowest BCUT2D eigenvalue weighted by atomic mass is 10.1. The SMILES string of the molecule is CCOc1cc(C(=O)N2CCN(CC(O)c3ccccc3)CC2)ccn1. The molecule has 1 aromatic heterocycles. The number of hydrogen-bond acceptors (Lipinski definition) is 5. The third-order valence-corrected chi connectivity index (χ3v) is 4.55. The molecule has 0 saturated carbocycles. The lowest BCUT2D eigenvalue weighted by Gasteiger charge is -2.35. The van der Waals surface area contributed by atoms with Gasteiger partial charge >= 0.3 is 0 Å². The molecule has 1 amide bonds. The molecule has 138 valence electrons. The summed E-state index contributed by atoms with van der Waals surface area (Å²) in [6.07, 6.45) is 1.09. The normalized spacial score (nSPS) is 16.3. The maximum Gasteiger partial charge on any atom is 0.254 e. The number of aliphatic hydroxyl groups excluding tert-OH is 1. The number of piperazine rings is 1. The summed E-state index contributed by atoms with van der Waals surface area (Å²) in [6.45, 7) is 5.78. The fourth-order valence-electron chi connectivity index (χ4n) is 3.11. The Morgan fingerprint density at radius 2 is 1.92 bits per heavy atom. The van der Waals surface area contributed by atoms with Crippen LogP contribution in [0.1, 0.15) is 28.9 Å². The largest absolute Gasteiger partial charge is 0.478 e. The van der Waals surface area contributed by atoms with Gasteiger partial charge in [-0.25, -0.2) is 4.98 Å². The molecule has 2 aromatic rings. The standard InChI is InChI=1S/C20H25N3O3/c1-2-26-19-14-17(8-9-21-19)20(25)23-12-10-22(11-13-23)15-18(24)16-6-4-3-5-7-16/h3-9,14,18,24H,2,10-13,15H2,1H3. The minimum atomic E-state index is -0.507. The van der Waals surface area contributed by atoms with Crippen LogP contribution in [0.3, 0.4) is 0 Å². The third kappa shape index (κ3) is 4.59. The van der Waals surface area contributed by atoms with Crippen molar-refractivity contribution in [3.8, 4) is 5.88 Å². The number of carbonyl (C=O) groups is 1. The second-order valence-corrected chi connectivity index (χ2v) is 6.34. The molecule has 3 rings (SSSR count). The van der Waals surface area contributed by atoms with E-state index in [4.69, 9.17) is 4.74 Å². The molecule has 1 aliphatic heterocycles. The number of aliphatic hydroxyl groups is 1. The van der Waals surface area contributed by atoms with Crippen LogP contribution in [-0.4, -0.2) is 65.1 Å². The smallest absolute Gasteiger partial charge is 0.254 e. The minimum absolute atomic E-state index is 0.00314. The van der Waals surface area contributed by atoms with Crippen LogP contribution in [0.4, 0.5) is 0 Å². The number of carbonyl (C=O) groups excluding carboxylic acids is 1. The van der Waals surface area contributed by atoms with Gasteiger partial charge in [0.25, 0.3) is 5.91 Å². The van der Waals surface area contributed by atoms with Crippen LogP contribution < -0.4 is 4.74 Å². The van der Waals surface area contributed by atoms with Crippen LogP contribution in [0, 0.1) is 0 Å². The van der Waals surface area contributed by atoms with Gasteiger partial charge in [0.15, 0.2) is 0 Å². The number of β-amino-alcohol motifs (C(OH)–C–C–N with tert-alkyl or cyclic N) is 1. The summed E-state index contributed by atoms with van der Waals surface area (Å²) in [5.41, 5.74) is 1.52. The molecule has 0 spiro atoms. The second-order valence-electron chi connectivity index (χ2n) is 6.34. The van der Waals surface area contributed by atoms with Crippen molar-refractivity contribution in [1.29, 1.82) is 0 Å². The van der Waals surface area contributed by atoms with Gasteiger partial charge in [-0.15, -0.1) is 0 Å². The Bertz CT molecular complexity index is 715. The van der Waals surface area contributed by atoms with Gasteiger partial charge in [0, 0.05) is 50.6 Å². The first-order valence-corrected chi connectivity index (χ1v) is 9.01. The summed E-state index contributed by atoms with van der Waals surface area (Å²) in [6, 6.07) is 13.1. The minimum Gasteiger partial charge on any atom is -0.478 e. The Kier molecular flexibility index (Phi) is 6.20. The van der Waals surface area contributed by atoms with Crippen molar-refractivity contribution in [3.63, 3.8) is 0 Å². The van der Waals surface area contributed by atoms with E-state index < -0.39 is 6.10 Å². The van der Waals surface area contributed by atoms with Gasteiger partial charge in [-0.1, -0.05) is 30.3 Å². The lowest BCUT2D eigenvalue weighted by molar-refractivity contribution is 0.0527. The first-order chi connectivity index (χ1) is 12.7. The number of amides is 1. The van der Waals surface area contributed by atoms with Crippen LogP contribution in [0.15, 0.2) is 48.7 Å². The van der Waals surface area contributed by atoms with Crippen molar-refractivity contribution in [2.24, 2.45) is 0 Å². The Hall–Kier alpha value is -2.44. The van der Waals surface area contributed by atoms with E-state index in [1.165, 1.54) is 0 Å². The maximum absolute atomic E-state index is 12.7. The van der Waals surface area contributed by atoms with Gasteiger partial charge in [-0.3, -0.25) is 9.69 Å². The highest BCUT2D eigenvalue weighted by molar-refractivity contribution is 5.94. The van der Waals surface area contributed by atoms with E-state index in [-0.39, 0.29) is 5.91 Å². The Balaban J connectivity index is 1.53. The molecule has 0 bridgehead atoms. The molecule has 1 unspecified atom stereocenters. The Labute approximate surface area is 154 Å². The zero-order valence-electron chi connectivity index (χ0n) is 15.0. The van der Waals surface area contributed by atoms with E-state index in [0.29, 0.717) is 37.7 Å². The molecule has 6 nitrogen and oxygen atoms in total. The first kappa shape index (κ1) is 18.4. The van der Waals surface area contributed by atoms with Gasteiger partial charge in [-0.05, 0) is 18.6 Å². The number of rotatable bonds is 6. The van der Waals surface area contributed by atoms with Crippen molar-refractivity contribution in [2.75, 3.05) is 39.3 Å². The fraction of sp³-hybridized carbons (Fsp3) is 0.400. The zero-order chi connectivity index (χ0) is 18.4. The van der Waals surface area contributed by atoms with E-state index in [1.807, 2.05) is 42.2 Å². The molecule has 2 heterocycles. The molecule has 1 aromatic carbocycles. The van der Waals surface area contributed by atoms with E-state index in [1.54, 1.807) is 18.3 Å². The molecule has 1 atom stereocenters. The first-order valence-electron chi connectivity index (χ1n) is 9.01. The Morgan fingerprint density at radius 3 is 2.62 bits per heavy atom. The summed E-state index contributed by atoms with van der Waals surface area (Å²) in [7, 11) is 0. The van der Waals surface area contributed by atoms with Gasteiger partial charge in [0.2, 0.25) is 5.88 Å². The predicted octanol–water partition coefficient (Wildman–Crippen LogP) is 1.97. The average Bonchev–Trinajstić information content (AvgIpc) is 2.69. The monoisotopic (exact) mass is 355 g/mol. The van der Waals surface area contributed by atoms with Crippen molar-refractivity contribution < 1.29 is 14.6 Å². The number of nitrogens with zero attached hydrogens (tertiary/aromatic N) is 3. The quantitative estimate of drug-likeness (QED) is 0.858. The molecule has 1 aliphatic rings. The van der Waals surface area contributed by atoms with Crippen molar-refractivity contribution >= 4 is 5.91 Å². The summed E-state index contributed by atoms with van der Waals surface area (Å²) in [5.74, 6) is 0.472. The molecule has 6 heteroatoms. The molecule has 0 radical (unpaired) electrons. The van der Waals surface area contributed by atoms with Crippen LogP contribution >= 0.6 is 0 Å². The van der Waals surface area contributed by atoms with Crippen molar-refractivity contribution in [2.45, 2.75) is 13.0 Å². The van der Waals surface area contributed by atoms with Crippen LogP contribution in [0.2, 0.25) is 0 Å². The van der Waals surface area contributed by atoms with Crippen molar-refractivity contribution in [3.05, 3.63) is 59.8 Å². The van der Waals surface area contributed by atoms with E-state index in [0.717, 1.165) is 18.7 Å². The lowest BCUT2D eigenvalue weighted by Crippen LogP contribution is -2.49. The highest BCUT2D eigenvalue weighted by Crippen LogP contribution is 2.17. The number of aromatic nitrogens is 1. The van der Waals surface area contributed by atoms with Crippen LogP contribution in [0.25, 0.3) is 0 Å². The number of hydrogen-bond donors (Lipinski definition) is 1. The average molecular weight is 355 g/mol. The predicted molar refractivity (Wildman–Crippen MR) is 99.2 cm³/mol. The van der Waals surface area contributed by atoms with E-state index in [2.05, 4.69) is 9.88 Å². The molecule has 1 fully saturated rings. The molecule has 0 aliphatic carbocycles. The Morgan fingerprint density at radius 1 is 1.19 bits per heavy atom. The molecule has 26 heavy (non-hydrogen) atoms. The summed E-state index contributed by atoms with van der Waals surface area (Å²) >= 11 is 0. The van der Waals surface area contributed by atoms with Gasteiger partial charge < -0.3 is 14.7 Å². The molecular weight excluding hydrogens is 330 g/mol. The van der Waals surface area contributed by atoms with Gasteiger partial charge in [0.05, 0.1) is 12.7 Å². The van der Waals surface area contributed by atoms with Gasteiger partial charge in [-0.2, -0.15) is 0 Å². The topological polar surface area (TPSA) is 65.9 Å². The second kappa shape index (κ2) is 8.78. The molecular formula is C20H25N3O3. The summed E-state index contributed by atoms with van der Waals surface area (Å²) in [4.78, 5) is 20.8. The zero-order valence-corrected chi connectivity index (χ0v) is 15.0. The summed E-state index contributed by atoms with van der Waals surface area (Å²) < 4.78 is 5.37. The molecule has 1 N–H and O–H groups in total. The maximum atomic E-state index is 12.7.